The molecule has 0 atom stereocenters. The Balaban J connectivity index is 0.000000188. The van der Waals surface area contributed by atoms with Gasteiger partial charge in [0.25, 0.3) is 0 Å². The molecule has 4 aromatic heterocycles. The average molecular weight is 1360 g/mol. The quantitative estimate of drug-likeness (QED) is 0.0249. The van der Waals surface area contributed by atoms with Gasteiger partial charge in [0, 0.05) is 76.4 Å². The average Bonchev–Trinajstić information content (AvgIpc) is 1.00. The SMILES string of the molecule is C=CC(=O)Nc1cccc(-c2[nH]ncc2CN(C)CCCC)c1.CCCCN(C)Cc1cn[nH]c1-c1cc(OC(C)C)cc(C(C)C)c1.CCCCN(C)Cc1cn[nH]c1-c1ccc(Oc2cccc(C#N)c2)cc1.CCCN(C)Cc1cn[nH]c1-c1ccc(Oc2ccccc2F)cc1. The van der Waals surface area contributed by atoms with Crippen molar-refractivity contribution in [3.8, 4) is 79.8 Å². The van der Waals surface area contributed by atoms with Crippen LogP contribution < -0.4 is 19.5 Å². The van der Waals surface area contributed by atoms with Gasteiger partial charge in [0.05, 0.1) is 65.3 Å². The minimum atomic E-state index is -0.374. The topological polar surface area (TPSA) is 208 Å². The van der Waals surface area contributed by atoms with Crippen molar-refractivity contribution in [3.05, 3.63) is 216 Å². The molecule has 0 saturated carbocycles. The van der Waals surface area contributed by atoms with Crippen molar-refractivity contribution in [1.29, 1.82) is 5.26 Å². The number of carbonyl (C=O) groups excluding carboxylic acids is 1. The van der Waals surface area contributed by atoms with E-state index >= 15 is 0 Å². The Bertz CT molecular complexity index is 4090. The Hall–Kier alpha value is -9.97. The Morgan fingerprint density at radius 3 is 1.45 bits per heavy atom. The van der Waals surface area contributed by atoms with Crippen molar-refractivity contribution < 1.29 is 23.4 Å². The van der Waals surface area contributed by atoms with Crippen LogP contribution in [0.3, 0.4) is 0 Å². The van der Waals surface area contributed by atoms with Crippen LogP contribution in [-0.2, 0) is 31.0 Å². The van der Waals surface area contributed by atoms with E-state index in [1.54, 1.807) is 30.3 Å². The third-order valence-corrected chi connectivity index (χ3v) is 16.3. The Morgan fingerprint density at radius 1 is 0.520 bits per heavy atom. The summed E-state index contributed by atoms with van der Waals surface area (Å²) in [5.41, 5.74) is 15.7. The van der Waals surface area contributed by atoms with Crippen molar-refractivity contribution in [2.24, 2.45) is 0 Å². The van der Waals surface area contributed by atoms with E-state index in [2.05, 4.69) is 180 Å². The molecule has 10 rings (SSSR count). The Morgan fingerprint density at radius 2 is 0.990 bits per heavy atom. The Kier molecular flexibility index (Phi) is 31.6. The second kappa shape index (κ2) is 40.8. The lowest BCUT2D eigenvalue weighted by Gasteiger charge is -2.18. The summed E-state index contributed by atoms with van der Waals surface area (Å²) in [6.45, 7) is 28.6. The van der Waals surface area contributed by atoms with E-state index < -0.39 is 0 Å². The first-order valence-corrected chi connectivity index (χ1v) is 34.9. The highest BCUT2D eigenvalue weighted by atomic mass is 19.1. The van der Waals surface area contributed by atoms with Crippen molar-refractivity contribution in [2.75, 3.05) is 59.7 Å². The summed E-state index contributed by atoms with van der Waals surface area (Å²) in [5, 5.41) is 41.1. The van der Waals surface area contributed by atoms with E-state index in [1.165, 1.54) is 67.4 Å². The standard InChI is InChI=1S/C22H24N4O.C21H33N3O.C20H22FN3O.C18H24N4O/c1-3-4-12-26(2)16-19-15-24-25-22(19)18-8-10-20(11-9-18)27-21-7-5-6-17(13-21)14-23;1-7-8-9-24(6)14-19-13-22-23-21(19)18-10-17(15(2)3)11-20(12-18)25-16(4)5;1-3-12-24(2)14-16-13-22-23-20(16)15-8-10-17(11-9-15)25-19-7-5-4-6-18(19)21;1-4-6-10-22(3)13-15-12-19-21-18(15)14-8-7-9-16(11-14)20-17(23)5-2/h5-11,13,15H,3-4,12,16H2,1-2H3,(H,24,25);10-13,15-16H,7-9,14H2,1-6H3,(H,22,23);4-11,13H,3,12,14H2,1-2H3,(H,22,23);5,7-9,11-12H,2,4,6,10,13H2,1,3H3,(H,19,21)(H,20,23). The van der Waals surface area contributed by atoms with Crippen LogP contribution in [-0.4, -0.2) is 127 Å². The van der Waals surface area contributed by atoms with Crippen molar-refractivity contribution in [3.63, 3.8) is 0 Å². The zero-order chi connectivity index (χ0) is 71.8. The molecule has 19 heteroatoms. The summed E-state index contributed by atoms with van der Waals surface area (Å²) < 4.78 is 31.1. The van der Waals surface area contributed by atoms with Crippen LogP contribution >= 0.6 is 0 Å². The van der Waals surface area contributed by atoms with Gasteiger partial charge in [-0.05, 0) is 221 Å². The lowest BCUT2D eigenvalue weighted by Crippen LogP contribution is -2.19. The third-order valence-electron chi connectivity index (χ3n) is 16.3. The number of rotatable bonds is 32. The van der Waals surface area contributed by atoms with Crippen molar-refractivity contribution >= 4 is 11.6 Å². The van der Waals surface area contributed by atoms with Gasteiger partial charge in [-0.2, -0.15) is 25.7 Å². The molecule has 5 N–H and O–H groups in total. The maximum absolute atomic E-state index is 13.7. The molecule has 0 aliphatic heterocycles. The molecule has 0 radical (unpaired) electrons. The van der Waals surface area contributed by atoms with Crippen LogP contribution in [0.4, 0.5) is 10.1 Å². The van der Waals surface area contributed by atoms with Crippen LogP contribution in [0.1, 0.15) is 140 Å². The van der Waals surface area contributed by atoms with Gasteiger partial charge < -0.3 is 39.1 Å². The number of nitrogens with one attached hydrogen (secondary N) is 5. The molecule has 528 valence electrons. The molecule has 100 heavy (non-hydrogen) atoms. The van der Waals surface area contributed by atoms with E-state index in [0.29, 0.717) is 23.0 Å². The van der Waals surface area contributed by atoms with E-state index in [1.807, 2.05) is 110 Å². The molecule has 0 aliphatic rings. The molecular weight excluding hydrogens is 1250 g/mol. The molecule has 10 aromatic rings. The predicted molar refractivity (Wildman–Crippen MR) is 403 cm³/mol. The summed E-state index contributed by atoms with van der Waals surface area (Å²) in [6.07, 6.45) is 17.3. The molecule has 0 saturated heterocycles. The van der Waals surface area contributed by atoms with Crippen molar-refractivity contribution in [2.45, 2.75) is 139 Å². The maximum atomic E-state index is 13.7. The maximum Gasteiger partial charge on any atom is 0.247 e. The van der Waals surface area contributed by atoms with Gasteiger partial charge in [-0.1, -0.05) is 97.7 Å². The van der Waals surface area contributed by atoms with Crippen LogP contribution in [0.2, 0.25) is 0 Å². The number of H-pyrrole nitrogens is 4. The number of carbonyl (C=O) groups is 1. The number of anilines is 1. The number of halogens is 1. The number of benzene rings is 6. The first kappa shape index (κ1) is 77.4. The van der Waals surface area contributed by atoms with Gasteiger partial charge >= 0.3 is 0 Å². The fraction of sp³-hybridized carbons (Fsp3) is 0.358. The lowest BCUT2D eigenvalue weighted by molar-refractivity contribution is -0.111. The van der Waals surface area contributed by atoms with E-state index in [0.717, 1.165) is 132 Å². The van der Waals surface area contributed by atoms with Gasteiger partial charge in [0.15, 0.2) is 11.6 Å². The highest BCUT2D eigenvalue weighted by molar-refractivity contribution is 5.99. The fourth-order valence-corrected chi connectivity index (χ4v) is 11.1. The number of nitriles is 1. The van der Waals surface area contributed by atoms with Gasteiger partial charge in [-0.25, -0.2) is 4.39 Å². The van der Waals surface area contributed by atoms with Gasteiger partial charge in [0.2, 0.25) is 5.91 Å². The number of aromatic amines is 4. The number of amides is 1. The summed E-state index contributed by atoms with van der Waals surface area (Å²) >= 11 is 0. The first-order chi connectivity index (χ1) is 48.4. The molecule has 4 heterocycles. The highest BCUT2D eigenvalue weighted by Gasteiger charge is 2.17. The van der Waals surface area contributed by atoms with Crippen LogP contribution in [0.25, 0.3) is 45.0 Å². The number of ether oxygens (including phenoxy) is 3. The lowest BCUT2D eigenvalue weighted by atomic mass is 9.98. The number of aromatic nitrogens is 8. The fourth-order valence-electron chi connectivity index (χ4n) is 11.1. The van der Waals surface area contributed by atoms with Gasteiger partial charge in [-0.15, -0.1) is 0 Å². The minimum Gasteiger partial charge on any atom is -0.491 e. The molecule has 0 bridgehead atoms. The van der Waals surface area contributed by atoms with Crippen LogP contribution in [0.5, 0.6) is 28.7 Å². The number of hydrogen-bond acceptors (Lipinski definition) is 13. The summed E-state index contributed by atoms with van der Waals surface area (Å²) in [5.74, 6) is 2.99. The van der Waals surface area contributed by atoms with Crippen molar-refractivity contribution in [1.82, 2.24) is 60.4 Å². The van der Waals surface area contributed by atoms with Crippen LogP contribution in [0.15, 0.2) is 177 Å². The molecule has 0 spiro atoms. The number of para-hydroxylation sites is 1. The number of unbranched alkanes of at least 4 members (excludes halogenated alkanes) is 3. The zero-order valence-electron chi connectivity index (χ0n) is 60.7. The molecule has 0 aliphatic carbocycles. The summed E-state index contributed by atoms with van der Waals surface area (Å²) in [4.78, 5) is 20.7. The third kappa shape index (κ3) is 24.8. The second-order valence-electron chi connectivity index (χ2n) is 25.8. The number of hydrogen-bond donors (Lipinski definition) is 5. The van der Waals surface area contributed by atoms with Gasteiger partial charge in [0.1, 0.15) is 23.0 Å². The monoisotopic (exact) mass is 1350 g/mol. The highest BCUT2D eigenvalue weighted by Crippen LogP contribution is 2.34. The molecule has 18 nitrogen and oxygen atoms in total. The minimum absolute atomic E-state index is 0.164. The smallest absolute Gasteiger partial charge is 0.247 e. The molecular formula is C81H103FN14O4. The molecule has 1 amide bonds. The van der Waals surface area contributed by atoms with E-state index in [4.69, 9.17) is 19.5 Å². The molecule has 6 aromatic carbocycles. The van der Waals surface area contributed by atoms with E-state index in [9.17, 15) is 9.18 Å². The first-order valence-electron chi connectivity index (χ1n) is 34.9. The number of nitrogens with zero attached hydrogens (tertiary/aromatic N) is 9. The molecule has 0 fully saturated rings. The predicted octanol–water partition coefficient (Wildman–Crippen LogP) is 18.5. The Labute approximate surface area is 592 Å². The zero-order valence-corrected chi connectivity index (χ0v) is 60.7. The summed E-state index contributed by atoms with van der Waals surface area (Å²) in [7, 11) is 8.53. The van der Waals surface area contributed by atoms with E-state index in [-0.39, 0.29) is 23.6 Å². The molecule has 0 unspecified atom stereocenters. The normalized spacial score (nSPS) is 11.1. The second-order valence-corrected chi connectivity index (χ2v) is 25.8. The van der Waals surface area contributed by atoms with Gasteiger partial charge in [-0.3, -0.25) is 25.2 Å². The largest absolute Gasteiger partial charge is 0.491 e. The van der Waals surface area contributed by atoms with Crippen LogP contribution in [0, 0.1) is 17.1 Å². The summed E-state index contributed by atoms with van der Waals surface area (Å²) in [6, 6.07) is 45.4.